The lowest BCUT2D eigenvalue weighted by Crippen LogP contribution is -2.41. The van der Waals surface area contributed by atoms with Gasteiger partial charge >= 0.3 is 6.09 Å². The van der Waals surface area contributed by atoms with Crippen LogP contribution in [0.1, 0.15) is 6.42 Å². The highest BCUT2D eigenvalue weighted by atomic mass is 79.9. The first kappa shape index (κ1) is 22.6. The molecule has 1 saturated heterocycles. The third-order valence-corrected chi connectivity index (χ3v) is 7.75. The van der Waals surface area contributed by atoms with Crippen molar-refractivity contribution in [1.82, 2.24) is 9.62 Å². The lowest BCUT2D eigenvalue weighted by atomic mass is 10.1. The summed E-state index contributed by atoms with van der Waals surface area (Å²) < 4.78 is 29.4. The van der Waals surface area contributed by atoms with Crippen molar-refractivity contribution in [2.24, 2.45) is 0 Å². The van der Waals surface area contributed by atoms with E-state index < -0.39 is 28.2 Å². The van der Waals surface area contributed by atoms with E-state index >= 15 is 0 Å². The summed E-state index contributed by atoms with van der Waals surface area (Å²) >= 11 is 6.52. The number of hydrogen-bond donors (Lipinski definition) is 2. The molecule has 2 aromatic rings. The maximum Gasteiger partial charge on any atom is 0.411 e. The quantitative estimate of drug-likeness (QED) is 0.525. The van der Waals surface area contributed by atoms with Crippen molar-refractivity contribution in [2.45, 2.75) is 23.4 Å². The molecular weight excluding hydrogens is 540 g/mol. The highest BCUT2D eigenvalue weighted by molar-refractivity contribution is 9.11. The summed E-state index contributed by atoms with van der Waals surface area (Å²) in [6.07, 6.45) is 1.21. The smallest absolute Gasteiger partial charge is 0.411 e. The molecule has 1 aliphatic rings. The summed E-state index contributed by atoms with van der Waals surface area (Å²) in [5, 5.41) is 19.1. The fourth-order valence-electron chi connectivity index (χ4n) is 3.38. The maximum atomic E-state index is 12.8. The Hall–Kier alpha value is -2.13. The van der Waals surface area contributed by atoms with Gasteiger partial charge in [0, 0.05) is 27.2 Å². The van der Waals surface area contributed by atoms with E-state index in [1.165, 1.54) is 11.0 Å². The summed E-state index contributed by atoms with van der Waals surface area (Å²) in [6, 6.07) is 12.4. The molecule has 0 radical (unpaired) electrons. The first-order valence-corrected chi connectivity index (χ1v) is 12.0. The van der Waals surface area contributed by atoms with Crippen LogP contribution in [0.3, 0.4) is 0 Å². The number of benzene rings is 2. The molecule has 2 atom stereocenters. The van der Waals surface area contributed by atoms with Crippen molar-refractivity contribution in [2.75, 3.05) is 18.0 Å². The first-order chi connectivity index (χ1) is 14.2. The third kappa shape index (κ3) is 5.13. The number of amides is 1. The molecular formula is C19H18Br2N4O4S. The van der Waals surface area contributed by atoms with E-state index in [0.29, 0.717) is 21.1 Å². The van der Waals surface area contributed by atoms with E-state index in [9.17, 15) is 23.6 Å². The van der Waals surface area contributed by atoms with Gasteiger partial charge in [0.05, 0.1) is 17.5 Å². The Labute approximate surface area is 191 Å². The topological polar surface area (TPSA) is 114 Å². The summed E-state index contributed by atoms with van der Waals surface area (Å²) in [6.45, 7) is 0.208. The molecule has 1 amide bonds. The highest BCUT2D eigenvalue weighted by Crippen LogP contribution is 2.28. The molecule has 30 heavy (non-hydrogen) atoms. The van der Waals surface area contributed by atoms with E-state index in [-0.39, 0.29) is 18.0 Å². The van der Waals surface area contributed by atoms with Gasteiger partial charge in [-0.2, -0.15) is 5.26 Å². The Kier molecular flexibility index (Phi) is 7.02. The number of carbonyl (C=O) groups is 1. The zero-order chi connectivity index (χ0) is 21.9. The normalized spacial score (nSPS) is 18.8. The SMILES string of the molecule is N#CN1C[C@H](NS(=O)(=O)c2cc(Br)ccc2Br)C[C@@H]1CN(C(=O)O)c1ccccc1. The van der Waals surface area contributed by atoms with Crippen LogP contribution in [0, 0.1) is 11.5 Å². The van der Waals surface area contributed by atoms with Gasteiger partial charge in [-0.3, -0.25) is 4.90 Å². The Balaban J connectivity index is 1.77. The molecule has 8 nitrogen and oxygen atoms in total. The average molecular weight is 558 g/mol. The van der Waals surface area contributed by atoms with Crippen LogP contribution in [0.25, 0.3) is 0 Å². The second-order valence-corrected chi connectivity index (χ2v) is 10.2. The van der Waals surface area contributed by atoms with Crippen LogP contribution in [-0.4, -0.2) is 49.7 Å². The molecule has 1 aliphatic heterocycles. The van der Waals surface area contributed by atoms with Crippen LogP contribution < -0.4 is 9.62 Å². The molecule has 0 saturated carbocycles. The molecule has 2 N–H and O–H groups in total. The summed E-state index contributed by atoms with van der Waals surface area (Å²) in [5.41, 5.74) is 0.491. The minimum Gasteiger partial charge on any atom is -0.465 e. The monoisotopic (exact) mass is 556 g/mol. The van der Waals surface area contributed by atoms with Crippen molar-refractivity contribution >= 4 is 53.7 Å². The summed E-state index contributed by atoms with van der Waals surface area (Å²) in [5.74, 6) is 0. The Bertz CT molecular complexity index is 1080. The standard InChI is InChI=1S/C19H18Br2N4O4S/c20-13-6-7-17(21)18(8-13)30(28,29)23-14-9-16(24(10-14)12-22)11-25(19(26)27)15-4-2-1-3-5-15/h1-8,14,16,23H,9-11H2,(H,26,27)/t14-,16-/m1/s1. The van der Waals surface area contributed by atoms with Gasteiger partial charge in [-0.1, -0.05) is 34.1 Å². The molecule has 2 aromatic carbocycles. The molecule has 0 bridgehead atoms. The number of halogens is 2. The number of nitriles is 1. The summed E-state index contributed by atoms with van der Waals surface area (Å²) in [7, 11) is -3.84. The van der Waals surface area contributed by atoms with Crippen molar-refractivity contribution in [3.8, 4) is 6.19 Å². The number of rotatable bonds is 6. The predicted octanol–water partition coefficient (Wildman–Crippen LogP) is 3.60. The van der Waals surface area contributed by atoms with Crippen molar-refractivity contribution in [3.63, 3.8) is 0 Å². The van der Waals surface area contributed by atoms with Gasteiger partial charge in [-0.25, -0.2) is 17.9 Å². The van der Waals surface area contributed by atoms with E-state index in [1.807, 2.05) is 6.19 Å². The molecule has 0 aliphatic carbocycles. The second kappa shape index (κ2) is 9.34. The van der Waals surface area contributed by atoms with Gasteiger partial charge in [-0.15, -0.1) is 0 Å². The molecule has 1 heterocycles. The largest absolute Gasteiger partial charge is 0.465 e. The number of hydrogen-bond acceptors (Lipinski definition) is 5. The van der Waals surface area contributed by atoms with Crippen molar-refractivity contribution < 1.29 is 18.3 Å². The van der Waals surface area contributed by atoms with E-state index in [0.717, 1.165) is 4.90 Å². The van der Waals surface area contributed by atoms with Gasteiger partial charge in [0.25, 0.3) is 0 Å². The molecule has 0 aromatic heterocycles. The molecule has 0 spiro atoms. The number of carboxylic acid groups (broad SMARTS) is 1. The molecule has 158 valence electrons. The van der Waals surface area contributed by atoms with Crippen LogP contribution in [0.5, 0.6) is 0 Å². The van der Waals surface area contributed by atoms with Gasteiger partial charge in [0.15, 0.2) is 6.19 Å². The average Bonchev–Trinajstić information content (AvgIpc) is 3.09. The van der Waals surface area contributed by atoms with Gasteiger partial charge in [0.1, 0.15) is 0 Å². The van der Waals surface area contributed by atoms with Crippen molar-refractivity contribution in [1.29, 1.82) is 5.26 Å². The molecule has 1 fully saturated rings. The van der Waals surface area contributed by atoms with Crippen molar-refractivity contribution in [3.05, 3.63) is 57.5 Å². The lowest BCUT2D eigenvalue weighted by Gasteiger charge is -2.26. The van der Waals surface area contributed by atoms with Crippen LogP contribution >= 0.6 is 31.9 Å². The molecule has 11 heteroatoms. The number of anilines is 1. The van der Waals surface area contributed by atoms with Crippen LogP contribution in [0.4, 0.5) is 10.5 Å². The van der Waals surface area contributed by atoms with Crippen LogP contribution in [-0.2, 0) is 10.0 Å². The lowest BCUT2D eigenvalue weighted by molar-refractivity contribution is 0.199. The zero-order valence-corrected chi connectivity index (χ0v) is 19.6. The fourth-order valence-corrected chi connectivity index (χ4v) is 6.12. The van der Waals surface area contributed by atoms with Crippen LogP contribution in [0.2, 0.25) is 0 Å². The first-order valence-electron chi connectivity index (χ1n) is 8.90. The highest BCUT2D eigenvalue weighted by Gasteiger charge is 2.36. The molecule has 3 rings (SSSR count). The maximum absolute atomic E-state index is 12.8. The number of nitrogens with one attached hydrogen (secondary N) is 1. The number of sulfonamides is 1. The van der Waals surface area contributed by atoms with Gasteiger partial charge < -0.3 is 10.0 Å². The summed E-state index contributed by atoms with van der Waals surface area (Å²) in [4.78, 5) is 14.4. The Morgan fingerprint density at radius 1 is 1.27 bits per heavy atom. The Morgan fingerprint density at radius 2 is 1.97 bits per heavy atom. The second-order valence-electron chi connectivity index (χ2n) is 6.76. The number of likely N-dealkylation sites (tertiary alicyclic amines) is 1. The minimum atomic E-state index is -3.84. The third-order valence-electron chi connectivity index (χ3n) is 4.74. The predicted molar refractivity (Wildman–Crippen MR) is 118 cm³/mol. The van der Waals surface area contributed by atoms with E-state index in [1.54, 1.807) is 42.5 Å². The zero-order valence-electron chi connectivity index (χ0n) is 15.6. The number of para-hydroxylation sites is 1. The van der Waals surface area contributed by atoms with Gasteiger partial charge in [0.2, 0.25) is 10.0 Å². The van der Waals surface area contributed by atoms with E-state index in [2.05, 4.69) is 36.6 Å². The van der Waals surface area contributed by atoms with Crippen LogP contribution in [0.15, 0.2) is 62.4 Å². The fraction of sp³-hybridized carbons (Fsp3) is 0.263. The minimum absolute atomic E-state index is 0.0473. The Morgan fingerprint density at radius 3 is 2.60 bits per heavy atom. The van der Waals surface area contributed by atoms with E-state index in [4.69, 9.17) is 0 Å². The molecule has 0 unspecified atom stereocenters. The number of nitrogens with zero attached hydrogens (tertiary/aromatic N) is 3. The van der Waals surface area contributed by atoms with Gasteiger partial charge in [-0.05, 0) is 52.7 Å².